The first kappa shape index (κ1) is 14.0. The Kier molecular flexibility index (Phi) is 3.35. The van der Waals surface area contributed by atoms with Crippen molar-refractivity contribution >= 4 is 5.78 Å². The molecular formula is C15H27NO2. The van der Waals surface area contributed by atoms with Crippen molar-refractivity contribution in [1.82, 2.24) is 5.32 Å². The molecule has 2 N–H and O–H groups in total. The van der Waals surface area contributed by atoms with Crippen molar-refractivity contribution < 1.29 is 9.90 Å². The van der Waals surface area contributed by atoms with Gasteiger partial charge in [-0.3, -0.25) is 4.79 Å². The number of Topliss-reactive ketones (excluding diaryl/α,β-unsaturated/α-hetero) is 1. The zero-order valence-electron chi connectivity index (χ0n) is 12.2. The summed E-state index contributed by atoms with van der Waals surface area (Å²) in [6.07, 6.45) is 5.33. The lowest BCUT2D eigenvalue weighted by atomic mass is 9.62. The van der Waals surface area contributed by atoms with Crippen LogP contribution in [0.5, 0.6) is 0 Å². The van der Waals surface area contributed by atoms with Crippen molar-refractivity contribution in [2.24, 2.45) is 5.92 Å². The first-order valence-electron chi connectivity index (χ1n) is 7.21. The monoisotopic (exact) mass is 253 g/mol. The number of carbonyl (C=O) groups excluding carboxylic acids is 1. The molecule has 0 amide bonds. The van der Waals surface area contributed by atoms with Crippen LogP contribution in [0.3, 0.4) is 0 Å². The molecule has 1 saturated carbocycles. The van der Waals surface area contributed by atoms with Crippen molar-refractivity contribution in [2.45, 2.75) is 82.9 Å². The van der Waals surface area contributed by atoms with E-state index in [0.717, 1.165) is 25.7 Å². The van der Waals surface area contributed by atoms with Gasteiger partial charge in [-0.1, -0.05) is 19.3 Å². The van der Waals surface area contributed by atoms with Crippen molar-refractivity contribution in [2.75, 3.05) is 0 Å². The third kappa shape index (κ3) is 2.48. The average molecular weight is 253 g/mol. The third-order valence-electron chi connectivity index (χ3n) is 4.58. The molecule has 104 valence electrons. The van der Waals surface area contributed by atoms with Gasteiger partial charge < -0.3 is 10.4 Å². The van der Waals surface area contributed by atoms with Gasteiger partial charge in [-0.05, 0) is 40.5 Å². The first-order chi connectivity index (χ1) is 8.16. The maximum Gasteiger partial charge on any atom is 0.142 e. The van der Waals surface area contributed by atoms with Crippen LogP contribution in [0.25, 0.3) is 0 Å². The molecule has 2 fully saturated rings. The zero-order chi connectivity index (χ0) is 13.6. The minimum atomic E-state index is -0.789. The van der Waals surface area contributed by atoms with E-state index in [1.807, 2.05) is 0 Å². The van der Waals surface area contributed by atoms with Gasteiger partial charge in [-0.15, -0.1) is 0 Å². The predicted molar refractivity (Wildman–Crippen MR) is 72.4 cm³/mol. The molecule has 2 aliphatic rings. The highest BCUT2D eigenvalue weighted by Gasteiger charge is 2.54. The normalized spacial score (nSPS) is 34.3. The van der Waals surface area contributed by atoms with E-state index in [1.54, 1.807) is 0 Å². The van der Waals surface area contributed by atoms with E-state index in [0.29, 0.717) is 6.42 Å². The van der Waals surface area contributed by atoms with Crippen LogP contribution in [0.1, 0.15) is 66.2 Å². The highest BCUT2D eigenvalue weighted by Crippen LogP contribution is 2.44. The van der Waals surface area contributed by atoms with Crippen molar-refractivity contribution in [3.05, 3.63) is 0 Å². The number of hydrogen-bond acceptors (Lipinski definition) is 3. The molecule has 0 aromatic heterocycles. The van der Waals surface area contributed by atoms with E-state index in [4.69, 9.17) is 0 Å². The van der Waals surface area contributed by atoms with Crippen molar-refractivity contribution in [1.29, 1.82) is 0 Å². The topological polar surface area (TPSA) is 49.3 Å². The van der Waals surface area contributed by atoms with Crippen LogP contribution in [0.2, 0.25) is 0 Å². The molecule has 2 rings (SSSR count). The minimum absolute atomic E-state index is 0.165. The molecule has 3 nitrogen and oxygen atoms in total. The minimum Gasteiger partial charge on any atom is -0.389 e. The SMILES string of the molecule is CC1(C)CC(=O)C(C2(O)CCCCC2)C(C)(C)N1. The molecule has 0 aromatic carbocycles. The fraction of sp³-hybridized carbons (Fsp3) is 0.933. The Labute approximate surface area is 110 Å². The number of hydrogen-bond donors (Lipinski definition) is 2. The number of aliphatic hydroxyl groups is 1. The molecule has 0 spiro atoms. The van der Waals surface area contributed by atoms with Gasteiger partial charge >= 0.3 is 0 Å². The van der Waals surface area contributed by atoms with Gasteiger partial charge in [0.15, 0.2) is 0 Å². The maximum absolute atomic E-state index is 12.5. The highest BCUT2D eigenvalue weighted by molar-refractivity contribution is 5.85. The Hall–Kier alpha value is -0.410. The van der Waals surface area contributed by atoms with E-state index in [1.165, 1.54) is 6.42 Å². The number of rotatable bonds is 1. The van der Waals surface area contributed by atoms with Crippen LogP contribution in [0, 0.1) is 5.92 Å². The van der Waals surface area contributed by atoms with Gasteiger partial charge in [-0.2, -0.15) is 0 Å². The average Bonchev–Trinajstić information content (AvgIpc) is 2.12. The second kappa shape index (κ2) is 4.31. The lowest BCUT2D eigenvalue weighted by Gasteiger charge is -2.53. The van der Waals surface area contributed by atoms with Gasteiger partial charge in [0.1, 0.15) is 5.78 Å². The molecule has 0 radical (unpaired) electrons. The summed E-state index contributed by atoms with van der Waals surface area (Å²) in [5.41, 5.74) is -1.28. The molecule has 1 heterocycles. The summed E-state index contributed by atoms with van der Waals surface area (Å²) in [5, 5.41) is 14.5. The van der Waals surface area contributed by atoms with Crippen LogP contribution in [0.4, 0.5) is 0 Å². The summed E-state index contributed by atoms with van der Waals surface area (Å²) in [6, 6.07) is 0. The van der Waals surface area contributed by atoms with Crippen molar-refractivity contribution in [3.8, 4) is 0 Å². The smallest absolute Gasteiger partial charge is 0.142 e. The Morgan fingerprint density at radius 3 is 2.17 bits per heavy atom. The number of nitrogens with one attached hydrogen (secondary N) is 1. The Balaban J connectivity index is 2.28. The quantitative estimate of drug-likeness (QED) is 0.754. The zero-order valence-corrected chi connectivity index (χ0v) is 12.2. The van der Waals surface area contributed by atoms with Crippen LogP contribution in [-0.4, -0.2) is 27.6 Å². The molecule has 0 aromatic rings. The summed E-state index contributed by atoms with van der Waals surface area (Å²) >= 11 is 0. The second-order valence-electron chi connectivity index (χ2n) is 7.47. The van der Waals surface area contributed by atoms with Gasteiger partial charge in [0.05, 0.1) is 11.5 Å². The summed E-state index contributed by atoms with van der Waals surface area (Å²) in [6.45, 7) is 8.24. The number of ketones is 1. The largest absolute Gasteiger partial charge is 0.389 e. The molecule has 1 saturated heterocycles. The fourth-order valence-electron chi connectivity index (χ4n) is 4.35. The van der Waals surface area contributed by atoms with E-state index in [2.05, 4.69) is 33.0 Å². The third-order valence-corrected chi connectivity index (χ3v) is 4.58. The standard InChI is InChI=1S/C15H27NO2/c1-13(2)10-11(17)12(14(3,4)16-13)15(18)8-6-5-7-9-15/h12,16,18H,5-10H2,1-4H3. The van der Waals surface area contributed by atoms with Gasteiger partial charge in [-0.25, -0.2) is 0 Å². The molecular weight excluding hydrogens is 226 g/mol. The van der Waals surface area contributed by atoms with E-state index < -0.39 is 5.60 Å². The highest BCUT2D eigenvalue weighted by atomic mass is 16.3. The molecule has 1 aliphatic carbocycles. The lowest BCUT2D eigenvalue weighted by Crippen LogP contribution is -2.68. The van der Waals surface area contributed by atoms with Crippen molar-refractivity contribution in [3.63, 3.8) is 0 Å². The summed E-state index contributed by atoms with van der Waals surface area (Å²) in [5.74, 6) is -0.0357. The number of carbonyl (C=O) groups is 1. The van der Waals surface area contributed by atoms with Crippen LogP contribution in [0.15, 0.2) is 0 Å². The van der Waals surface area contributed by atoms with Gasteiger partial charge in [0.25, 0.3) is 0 Å². The molecule has 1 unspecified atom stereocenters. The Bertz CT molecular complexity index is 340. The molecule has 1 atom stereocenters. The second-order valence-corrected chi connectivity index (χ2v) is 7.47. The molecule has 18 heavy (non-hydrogen) atoms. The predicted octanol–water partition coefficient (Wildman–Crippen LogP) is 2.42. The van der Waals surface area contributed by atoms with Gasteiger partial charge in [0.2, 0.25) is 0 Å². The maximum atomic E-state index is 12.5. The molecule has 1 aliphatic heterocycles. The summed E-state index contributed by atoms with van der Waals surface area (Å²) in [7, 11) is 0. The van der Waals surface area contributed by atoms with Crippen LogP contribution < -0.4 is 5.32 Å². The first-order valence-corrected chi connectivity index (χ1v) is 7.21. The summed E-state index contributed by atoms with van der Waals surface area (Å²) < 4.78 is 0. The molecule has 0 bridgehead atoms. The van der Waals surface area contributed by atoms with Crippen LogP contribution in [-0.2, 0) is 4.79 Å². The van der Waals surface area contributed by atoms with E-state index in [-0.39, 0.29) is 22.8 Å². The summed E-state index contributed by atoms with van der Waals surface area (Å²) in [4.78, 5) is 12.5. The Morgan fingerprint density at radius 1 is 1.11 bits per heavy atom. The van der Waals surface area contributed by atoms with Gasteiger partial charge in [0, 0.05) is 17.5 Å². The van der Waals surface area contributed by atoms with E-state index in [9.17, 15) is 9.90 Å². The molecule has 3 heteroatoms. The van der Waals surface area contributed by atoms with E-state index >= 15 is 0 Å². The lowest BCUT2D eigenvalue weighted by molar-refractivity contribution is -0.150. The number of piperidine rings is 1. The fourth-order valence-corrected chi connectivity index (χ4v) is 4.35. The van der Waals surface area contributed by atoms with Crippen LogP contribution >= 0.6 is 0 Å². The Morgan fingerprint density at radius 2 is 1.67 bits per heavy atom.